The Morgan fingerprint density at radius 2 is 2.11 bits per heavy atom. The van der Waals surface area contributed by atoms with Crippen molar-refractivity contribution in [1.82, 2.24) is 9.88 Å². The van der Waals surface area contributed by atoms with Gasteiger partial charge in [0.15, 0.2) is 5.58 Å². The number of carbonyl (C=O) groups is 2. The number of aromatic nitrogens is 1. The predicted octanol–water partition coefficient (Wildman–Crippen LogP) is 0.711. The summed E-state index contributed by atoms with van der Waals surface area (Å²) in [6.45, 7) is 1.68. The van der Waals surface area contributed by atoms with E-state index in [2.05, 4.69) is 4.98 Å². The molecule has 19 heavy (non-hydrogen) atoms. The normalized spacial score (nSPS) is 10.6. The second-order valence-corrected chi connectivity index (χ2v) is 4.38. The van der Waals surface area contributed by atoms with Gasteiger partial charge in [0, 0.05) is 20.5 Å². The molecule has 1 aromatic heterocycles. The third-order valence-electron chi connectivity index (χ3n) is 2.87. The number of rotatable bonds is 4. The second-order valence-electron chi connectivity index (χ2n) is 4.38. The van der Waals surface area contributed by atoms with Crippen LogP contribution >= 0.6 is 0 Å². The maximum absolute atomic E-state index is 11.4. The Labute approximate surface area is 109 Å². The van der Waals surface area contributed by atoms with E-state index in [9.17, 15) is 14.4 Å². The van der Waals surface area contributed by atoms with Crippen molar-refractivity contribution in [3.05, 3.63) is 34.3 Å². The van der Waals surface area contributed by atoms with Crippen molar-refractivity contribution in [1.29, 1.82) is 0 Å². The number of benzene rings is 1. The van der Waals surface area contributed by atoms with E-state index in [4.69, 9.17) is 4.42 Å². The molecule has 6 nitrogen and oxygen atoms in total. The standard InChI is InChI=1S/C13H14N2O4/c1-8(16)12(17)15(2)6-5-9-3-4-10-11(7-9)19-13(18)14-10/h3-4,7H,5-6H2,1-2H3,(H,14,18). The number of likely N-dealkylation sites (N-methyl/N-ethyl adjacent to an activating group) is 1. The van der Waals surface area contributed by atoms with Crippen LogP contribution in [-0.4, -0.2) is 35.2 Å². The molecular formula is C13H14N2O4. The Morgan fingerprint density at radius 1 is 1.37 bits per heavy atom. The average molecular weight is 262 g/mol. The van der Waals surface area contributed by atoms with Gasteiger partial charge in [-0.05, 0) is 24.1 Å². The Morgan fingerprint density at radius 3 is 2.79 bits per heavy atom. The smallest absolute Gasteiger partial charge is 0.408 e. The molecule has 1 aromatic carbocycles. The summed E-state index contributed by atoms with van der Waals surface area (Å²) in [6, 6.07) is 5.35. The first kappa shape index (κ1) is 13.1. The molecule has 0 saturated heterocycles. The monoisotopic (exact) mass is 262 g/mol. The third kappa shape index (κ3) is 2.90. The summed E-state index contributed by atoms with van der Waals surface area (Å²) in [7, 11) is 1.58. The van der Waals surface area contributed by atoms with Crippen molar-refractivity contribution >= 4 is 22.8 Å². The lowest BCUT2D eigenvalue weighted by atomic mass is 10.1. The van der Waals surface area contributed by atoms with Gasteiger partial charge in [-0.15, -0.1) is 0 Å². The second kappa shape index (κ2) is 5.09. The molecule has 2 aromatic rings. The maximum atomic E-state index is 11.4. The minimum Gasteiger partial charge on any atom is -0.408 e. The van der Waals surface area contributed by atoms with Crippen LogP contribution in [-0.2, 0) is 16.0 Å². The lowest BCUT2D eigenvalue weighted by molar-refractivity contribution is -0.142. The highest BCUT2D eigenvalue weighted by Gasteiger charge is 2.13. The number of hydrogen-bond donors (Lipinski definition) is 1. The molecule has 1 N–H and O–H groups in total. The molecule has 0 radical (unpaired) electrons. The fourth-order valence-electron chi connectivity index (χ4n) is 1.81. The summed E-state index contributed by atoms with van der Waals surface area (Å²) in [5.41, 5.74) is 2.06. The Kier molecular flexibility index (Phi) is 3.50. The van der Waals surface area contributed by atoms with Gasteiger partial charge in [-0.1, -0.05) is 6.07 Å². The Bertz CT molecular complexity index is 683. The first-order chi connectivity index (χ1) is 8.97. The van der Waals surface area contributed by atoms with Crippen molar-refractivity contribution < 1.29 is 14.0 Å². The summed E-state index contributed by atoms with van der Waals surface area (Å²) < 4.78 is 4.96. The highest BCUT2D eigenvalue weighted by molar-refractivity contribution is 6.34. The van der Waals surface area contributed by atoms with Crippen LogP contribution in [0.4, 0.5) is 0 Å². The first-order valence-corrected chi connectivity index (χ1v) is 5.85. The van der Waals surface area contributed by atoms with Crippen LogP contribution in [0.15, 0.2) is 27.4 Å². The van der Waals surface area contributed by atoms with Gasteiger partial charge in [0.25, 0.3) is 5.91 Å². The lowest BCUT2D eigenvalue weighted by Gasteiger charge is -2.14. The highest BCUT2D eigenvalue weighted by Crippen LogP contribution is 2.13. The number of carbonyl (C=O) groups excluding carboxylic acids is 2. The van der Waals surface area contributed by atoms with E-state index in [0.717, 1.165) is 5.56 Å². The van der Waals surface area contributed by atoms with Gasteiger partial charge in [-0.3, -0.25) is 14.6 Å². The van der Waals surface area contributed by atoms with E-state index >= 15 is 0 Å². The van der Waals surface area contributed by atoms with E-state index in [1.165, 1.54) is 11.8 Å². The molecule has 0 atom stereocenters. The zero-order valence-corrected chi connectivity index (χ0v) is 10.7. The van der Waals surface area contributed by atoms with E-state index < -0.39 is 17.4 Å². The maximum Gasteiger partial charge on any atom is 0.417 e. The van der Waals surface area contributed by atoms with Gasteiger partial charge in [0.2, 0.25) is 5.78 Å². The van der Waals surface area contributed by atoms with Gasteiger partial charge in [-0.2, -0.15) is 0 Å². The fourth-order valence-corrected chi connectivity index (χ4v) is 1.81. The van der Waals surface area contributed by atoms with Crippen LogP contribution in [0.1, 0.15) is 12.5 Å². The van der Waals surface area contributed by atoms with Gasteiger partial charge in [0.1, 0.15) is 0 Å². The summed E-state index contributed by atoms with van der Waals surface area (Å²) in [4.78, 5) is 37.3. The number of fused-ring (bicyclic) bond motifs is 1. The van der Waals surface area contributed by atoms with Crippen molar-refractivity contribution in [2.75, 3.05) is 13.6 Å². The molecule has 1 amide bonds. The van der Waals surface area contributed by atoms with Crippen molar-refractivity contribution in [2.45, 2.75) is 13.3 Å². The number of aromatic amines is 1. The quantitative estimate of drug-likeness (QED) is 0.822. The molecule has 0 aliphatic rings. The van der Waals surface area contributed by atoms with Gasteiger partial charge >= 0.3 is 5.76 Å². The zero-order valence-electron chi connectivity index (χ0n) is 10.7. The third-order valence-corrected chi connectivity index (χ3v) is 2.87. The van der Waals surface area contributed by atoms with E-state index in [1.807, 2.05) is 6.07 Å². The van der Waals surface area contributed by atoms with Crippen molar-refractivity contribution in [3.63, 3.8) is 0 Å². The molecule has 0 bridgehead atoms. The molecule has 0 aliphatic carbocycles. The van der Waals surface area contributed by atoms with E-state index in [0.29, 0.717) is 24.1 Å². The van der Waals surface area contributed by atoms with Crippen molar-refractivity contribution in [2.24, 2.45) is 0 Å². The molecule has 0 unspecified atom stereocenters. The number of hydrogen-bond acceptors (Lipinski definition) is 4. The Hall–Kier alpha value is -2.37. The average Bonchev–Trinajstić information content (AvgIpc) is 2.74. The molecule has 0 fully saturated rings. The van der Waals surface area contributed by atoms with Crippen LogP contribution in [0.25, 0.3) is 11.1 Å². The SMILES string of the molecule is CC(=O)C(=O)N(C)CCc1ccc2[nH]c(=O)oc2c1. The highest BCUT2D eigenvalue weighted by atomic mass is 16.4. The lowest BCUT2D eigenvalue weighted by Crippen LogP contribution is -2.33. The number of H-pyrrole nitrogens is 1. The van der Waals surface area contributed by atoms with E-state index in [1.54, 1.807) is 19.2 Å². The molecule has 0 saturated carbocycles. The molecule has 2 rings (SSSR count). The van der Waals surface area contributed by atoms with Gasteiger partial charge in [-0.25, -0.2) is 4.79 Å². The molecule has 0 spiro atoms. The van der Waals surface area contributed by atoms with Crippen LogP contribution in [0, 0.1) is 0 Å². The minimum atomic E-state index is -0.505. The molecule has 100 valence electrons. The number of ketones is 1. The fraction of sp³-hybridized carbons (Fsp3) is 0.308. The molecule has 1 heterocycles. The summed E-state index contributed by atoms with van der Waals surface area (Å²) >= 11 is 0. The minimum absolute atomic E-state index is 0.429. The van der Waals surface area contributed by atoms with Gasteiger partial charge < -0.3 is 9.32 Å². The van der Waals surface area contributed by atoms with Crippen LogP contribution in [0.2, 0.25) is 0 Å². The van der Waals surface area contributed by atoms with Crippen molar-refractivity contribution in [3.8, 4) is 0 Å². The summed E-state index contributed by atoms with van der Waals surface area (Å²) in [6.07, 6.45) is 0.584. The zero-order chi connectivity index (χ0) is 14.0. The van der Waals surface area contributed by atoms with Gasteiger partial charge in [0.05, 0.1) is 5.52 Å². The molecule has 6 heteroatoms. The Balaban J connectivity index is 2.07. The van der Waals surface area contributed by atoms with Crippen LogP contribution in [0.3, 0.4) is 0 Å². The largest absolute Gasteiger partial charge is 0.417 e. The van der Waals surface area contributed by atoms with E-state index in [-0.39, 0.29) is 0 Å². The predicted molar refractivity (Wildman–Crippen MR) is 68.9 cm³/mol. The number of nitrogens with one attached hydrogen (secondary N) is 1. The topological polar surface area (TPSA) is 83.4 Å². The number of oxazole rings is 1. The first-order valence-electron chi connectivity index (χ1n) is 5.85. The summed E-state index contributed by atoms with van der Waals surface area (Å²) in [5.74, 6) is -1.47. The molecule has 0 aliphatic heterocycles. The number of amides is 1. The number of Topliss-reactive ketones (excluding diaryl/α,β-unsaturated/α-hetero) is 1. The van der Waals surface area contributed by atoms with Crippen LogP contribution < -0.4 is 5.76 Å². The molecular weight excluding hydrogens is 248 g/mol. The number of nitrogens with zero attached hydrogens (tertiary/aromatic N) is 1. The van der Waals surface area contributed by atoms with Crippen LogP contribution in [0.5, 0.6) is 0 Å². The summed E-state index contributed by atoms with van der Waals surface area (Å²) in [5, 5.41) is 0.